The third-order valence-corrected chi connectivity index (χ3v) is 3.76. The molecule has 1 unspecified atom stereocenters. The number of hydrogen-bond donors (Lipinski definition) is 2. The van der Waals surface area contributed by atoms with E-state index in [1.807, 2.05) is 0 Å². The zero-order chi connectivity index (χ0) is 18.6. The first-order valence-corrected chi connectivity index (χ1v) is 7.69. The molecule has 25 heavy (non-hydrogen) atoms. The second-order valence-corrected chi connectivity index (χ2v) is 6.00. The lowest BCUT2D eigenvalue weighted by Gasteiger charge is -2.18. The molecule has 0 radical (unpaired) electrons. The molecule has 1 fully saturated rings. The number of likely N-dealkylation sites (tertiary alicyclic amines) is 1. The average Bonchev–Trinajstić information content (AvgIpc) is 2.86. The Morgan fingerprint density at radius 2 is 1.88 bits per heavy atom. The highest BCUT2D eigenvalue weighted by Crippen LogP contribution is 2.23. The summed E-state index contributed by atoms with van der Waals surface area (Å²) in [4.78, 5) is 35.8. The van der Waals surface area contributed by atoms with Gasteiger partial charge in [0.15, 0.2) is 0 Å². The maximum atomic E-state index is 12.3. The number of benzene rings is 1. The van der Waals surface area contributed by atoms with E-state index in [9.17, 15) is 27.6 Å². The van der Waals surface area contributed by atoms with Crippen molar-refractivity contribution in [3.05, 3.63) is 29.3 Å². The van der Waals surface area contributed by atoms with Gasteiger partial charge < -0.3 is 15.5 Å². The van der Waals surface area contributed by atoms with Crippen molar-refractivity contribution in [1.29, 1.82) is 0 Å². The lowest BCUT2D eigenvalue weighted by atomic mass is 10.1. The maximum Gasteiger partial charge on any atom is 0.406 e. The van der Waals surface area contributed by atoms with Crippen molar-refractivity contribution in [2.24, 2.45) is 5.92 Å². The summed E-state index contributed by atoms with van der Waals surface area (Å²) < 4.78 is 37.0. The average molecular weight is 378 g/mol. The summed E-state index contributed by atoms with van der Waals surface area (Å²) in [5.74, 6) is -2.78. The summed E-state index contributed by atoms with van der Waals surface area (Å²) in [6.45, 7) is -2.05. The lowest BCUT2D eigenvalue weighted by Crippen LogP contribution is -2.39. The van der Waals surface area contributed by atoms with Gasteiger partial charge >= 0.3 is 6.18 Å². The molecule has 1 aliphatic heterocycles. The normalized spacial score (nSPS) is 17.5. The van der Waals surface area contributed by atoms with Crippen molar-refractivity contribution >= 4 is 35.0 Å². The summed E-state index contributed by atoms with van der Waals surface area (Å²) in [7, 11) is 0. The molecule has 6 nitrogen and oxygen atoms in total. The number of nitrogens with one attached hydrogen (secondary N) is 2. The predicted octanol–water partition coefficient (Wildman–Crippen LogP) is 1.81. The fourth-order valence-electron chi connectivity index (χ4n) is 2.37. The molecule has 0 saturated carbocycles. The zero-order valence-electron chi connectivity index (χ0n) is 12.9. The zero-order valence-corrected chi connectivity index (χ0v) is 13.7. The molecule has 136 valence electrons. The summed E-state index contributed by atoms with van der Waals surface area (Å²) in [6.07, 6.45) is -4.82. The minimum absolute atomic E-state index is 0.305. The van der Waals surface area contributed by atoms with E-state index in [2.05, 4.69) is 10.6 Å². The third kappa shape index (κ3) is 5.93. The van der Waals surface area contributed by atoms with Gasteiger partial charge in [0.2, 0.25) is 17.7 Å². The van der Waals surface area contributed by atoms with Crippen LogP contribution in [0.2, 0.25) is 5.02 Å². The Morgan fingerprint density at radius 1 is 1.24 bits per heavy atom. The first kappa shape index (κ1) is 19.0. The van der Waals surface area contributed by atoms with E-state index in [4.69, 9.17) is 11.6 Å². The predicted molar refractivity (Wildman–Crippen MR) is 83.8 cm³/mol. The van der Waals surface area contributed by atoms with Crippen LogP contribution in [0.3, 0.4) is 0 Å². The number of carbonyl (C=O) groups excluding carboxylic acids is 3. The van der Waals surface area contributed by atoms with Crippen LogP contribution >= 0.6 is 11.6 Å². The van der Waals surface area contributed by atoms with Gasteiger partial charge in [-0.25, -0.2) is 0 Å². The molecule has 0 aromatic heterocycles. The Bertz CT molecular complexity index is 664. The van der Waals surface area contributed by atoms with Crippen molar-refractivity contribution in [2.45, 2.75) is 12.6 Å². The largest absolute Gasteiger partial charge is 0.406 e. The number of amides is 3. The van der Waals surface area contributed by atoms with Crippen LogP contribution in [0, 0.1) is 5.92 Å². The summed E-state index contributed by atoms with van der Waals surface area (Å²) in [5.41, 5.74) is 0.482. The van der Waals surface area contributed by atoms with Gasteiger partial charge in [-0.3, -0.25) is 14.4 Å². The number of carbonyl (C=O) groups is 3. The molecule has 1 atom stereocenters. The molecular weight excluding hydrogens is 363 g/mol. The Hall–Kier alpha value is -2.29. The van der Waals surface area contributed by atoms with E-state index in [0.29, 0.717) is 15.6 Å². The molecule has 1 heterocycles. The fraction of sp³-hybridized carbons (Fsp3) is 0.400. The fourth-order valence-corrected chi connectivity index (χ4v) is 2.49. The first-order valence-electron chi connectivity index (χ1n) is 7.32. The van der Waals surface area contributed by atoms with E-state index in [1.54, 1.807) is 24.3 Å². The SMILES string of the molecule is O=C(CNC(=O)C1CC(=O)N(CC(F)(F)F)C1)Nc1ccc(Cl)cc1. The molecule has 2 rings (SSSR count). The number of halogens is 4. The van der Waals surface area contributed by atoms with Gasteiger partial charge in [0.25, 0.3) is 0 Å². The molecule has 1 aliphatic rings. The van der Waals surface area contributed by atoms with Crippen LogP contribution < -0.4 is 10.6 Å². The third-order valence-electron chi connectivity index (χ3n) is 3.51. The summed E-state index contributed by atoms with van der Waals surface area (Å²) in [6, 6.07) is 6.31. The molecule has 0 spiro atoms. The van der Waals surface area contributed by atoms with Gasteiger partial charge in [-0.05, 0) is 24.3 Å². The smallest absolute Gasteiger partial charge is 0.347 e. The molecule has 2 N–H and O–H groups in total. The number of rotatable bonds is 5. The molecule has 0 bridgehead atoms. The topological polar surface area (TPSA) is 78.5 Å². The van der Waals surface area contributed by atoms with Crippen molar-refractivity contribution in [3.8, 4) is 0 Å². The summed E-state index contributed by atoms with van der Waals surface area (Å²) in [5, 5.41) is 5.35. The van der Waals surface area contributed by atoms with Crippen molar-refractivity contribution in [1.82, 2.24) is 10.2 Å². The standard InChI is InChI=1S/C15H15ClF3N3O3/c16-10-1-3-11(4-2-10)21-12(23)6-20-14(25)9-5-13(24)22(7-9)8-15(17,18)19/h1-4,9H,5-8H2,(H,20,25)(H,21,23). The number of anilines is 1. The molecule has 1 aromatic carbocycles. The van der Waals surface area contributed by atoms with Crippen LogP contribution in [0.4, 0.5) is 18.9 Å². The second kappa shape index (κ2) is 7.73. The number of nitrogens with zero attached hydrogens (tertiary/aromatic N) is 1. The molecule has 3 amide bonds. The van der Waals surface area contributed by atoms with E-state index in [0.717, 1.165) is 0 Å². The highest BCUT2D eigenvalue weighted by Gasteiger charge is 2.40. The second-order valence-electron chi connectivity index (χ2n) is 5.56. The maximum absolute atomic E-state index is 12.3. The van der Waals surface area contributed by atoms with Gasteiger partial charge in [-0.2, -0.15) is 13.2 Å². The minimum atomic E-state index is -4.51. The Morgan fingerprint density at radius 3 is 2.48 bits per heavy atom. The Balaban J connectivity index is 1.79. The van der Waals surface area contributed by atoms with Gasteiger partial charge in [0, 0.05) is 23.7 Å². The van der Waals surface area contributed by atoms with Crippen LogP contribution in [0.5, 0.6) is 0 Å². The van der Waals surface area contributed by atoms with Gasteiger partial charge in [-0.1, -0.05) is 11.6 Å². The quantitative estimate of drug-likeness (QED) is 0.821. The van der Waals surface area contributed by atoms with E-state index >= 15 is 0 Å². The van der Waals surface area contributed by atoms with Crippen molar-refractivity contribution in [3.63, 3.8) is 0 Å². The monoisotopic (exact) mass is 377 g/mol. The van der Waals surface area contributed by atoms with E-state index in [1.165, 1.54) is 0 Å². The van der Waals surface area contributed by atoms with E-state index in [-0.39, 0.29) is 19.5 Å². The van der Waals surface area contributed by atoms with Gasteiger partial charge in [0.05, 0.1) is 12.5 Å². The molecule has 1 saturated heterocycles. The van der Waals surface area contributed by atoms with Crippen LogP contribution in [0.25, 0.3) is 0 Å². The molecular formula is C15H15ClF3N3O3. The Labute approximate surface area is 146 Å². The van der Waals surface area contributed by atoms with Crippen molar-refractivity contribution in [2.75, 3.05) is 25.0 Å². The van der Waals surface area contributed by atoms with Crippen LogP contribution in [0.15, 0.2) is 24.3 Å². The number of hydrogen-bond acceptors (Lipinski definition) is 3. The van der Waals surface area contributed by atoms with E-state index < -0.39 is 36.4 Å². The summed E-state index contributed by atoms with van der Waals surface area (Å²) >= 11 is 5.72. The van der Waals surface area contributed by atoms with Gasteiger partial charge in [0.1, 0.15) is 6.54 Å². The van der Waals surface area contributed by atoms with Crippen LogP contribution in [-0.4, -0.2) is 48.4 Å². The molecule has 0 aliphatic carbocycles. The minimum Gasteiger partial charge on any atom is -0.347 e. The molecule has 1 aromatic rings. The Kier molecular flexibility index (Phi) is 5.89. The highest BCUT2D eigenvalue weighted by atomic mass is 35.5. The first-order chi connectivity index (χ1) is 11.6. The lowest BCUT2D eigenvalue weighted by molar-refractivity contribution is -0.157. The van der Waals surface area contributed by atoms with Crippen LogP contribution in [-0.2, 0) is 14.4 Å². The highest BCUT2D eigenvalue weighted by molar-refractivity contribution is 6.30. The van der Waals surface area contributed by atoms with Gasteiger partial charge in [-0.15, -0.1) is 0 Å². The van der Waals surface area contributed by atoms with Crippen LogP contribution in [0.1, 0.15) is 6.42 Å². The van der Waals surface area contributed by atoms with Crippen molar-refractivity contribution < 1.29 is 27.6 Å². The number of alkyl halides is 3. The molecule has 10 heteroatoms.